The minimum absolute atomic E-state index is 0. The molecule has 123 heavy (non-hydrogen) atoms. The zero-order chi connectivity index (χ0) is 85.7. The summed E-state index contributed by atoms with van der Waals surface area (Å²) in [7, 11) is 0. The number of fused-ring (bicyclic) bond motifs is 3. The van der Waals surface area contributed by atoms with Crippen molar-refractivity contribution in [3.8, 4) is 112 Å². The van der Waals surface area contributed by atoms with Gasteiger partial charge in [-0.05, 0) is 176 Å². The van der Waals surface area contributed by atoms with Gasteiger partial charge < -0.3 is 43.5 Å². The van der Waals surface area contributed by atoms with E-state index in [1.54, 1.807) is 6.20 Å². The molecule has 16 rings (SSSR count). The Morgan fingerprint density at radius 1 is 0.341 bits per heavy atom. The normalized spacial score (nSPS) is 11.2. The van der Waals surface area contributed by atoms with Crippen molar-refractivity contribution in [2.24, 2.45) is 0 Å². The predicted molar refractivity (Wildman–Crippen MR) is 490 cm³/mol. The number of allylic oxidation sites excluding steroid dienone is 6. The fourth-order valence-corrected chi connectivity index (χ4v) is 13.6. The fraction of sp³-hybridized carbons (Fsp3) is 0.167. The molecule has 0 amide bonds. The summed E-state index contributed by atoms with van der Waals surface area (Å²) in [6, 6.07) is 103. The van der Waals surface area contributed by atoms with Gasteiger partial charge in [0.25, 0.3) is 0 Å². The van der Waals surface area contributed by atoms with Crippen LogP contribution in [0, 0.1) is 32.0 Å². The summed E-state index contributed by atoms with van der Waals surface area (Å²) in [5.41, 5.74) is 27.4. The van der Waals surface area contributed by atoms with Crippen molar-refractivity contribution in [1.29, 1.82) is 0 Å². The summed E-state index contributed by atoms with van der Waals surface area (Å²) < 4.78 is 18.5. The largest absolute Gasteiger partial charge is 0.512 e. The maximum absolute atomic E-state index is 10.0. The molecule has 15 heteroatoms. The van der Waals surface area contributed by atoms with Gasteiger partial charge in [0.05, 0.1) is 35.9 Å². The summed E-state index contributed by atoms with van der Waals surface area (Å²) in [4.78, 5) is 44.0. The van der Waals surface area contributed by atoms with E-state index in [-0.39, 0.29) is 100 Å². The Labute approximate surface area is 762 Å². The molecular weight excluding hydrogens is 2060 g/mol. The summed E-state index contributed by atoms with van der Waals surface area (Å²) in [5, 5.41) is 28.2. The van der Waals surface area contributed by atoms with Crippen LogP contribution in [0.3, 0.4) is 0 Å². The van der Waals surface area contributed by atoms with E-state index in [0.29, 0.717) is 11.8 Å². The molecule has 0 saturated carbocycles. The van der Waals surface area contributed by atoms with Gasteiger partial charge in [0.15, 0.2) is 34.1 Å². The number of aromatic nitrogens is 3. The molecule has 0 aliphatic carbocycles. The minimum Gasteiger partial charge on any atom is -0.512 e. The maximum Gasteiger partial charge on any atom is 0.155 e. The van der Waals surface area contributed by atoms with Crippen LogP contribution in [-0.4, -0.2) is 47.6 Å². The quantitative estimate of drug-likeness (QED) is 0.0501. The monoisotopic (exact) mass is 2160 g/mol. The van der Waals surface area contributed by atoms with Crippen molar-refractivity contribution in [3.05, 3.63) is 367 Å². The molecule has 0 saturated heterocycles. The molecule has 3 radical (unpaired) electrons. The van der Waals surface area contributed by atoms with Crippen molar-refractivity contribution < 1.29 is 103 Å². The van der Waals surface area contributed by atoms with Crippen molar-refractivity contribution in [3.63, 3.8) is 0 Å². The van der Waals surface area contributed by atoms with Crippen LogP contribution in [0.1, 0.15) is 130 Å². The third-order valence-electron chi connectivity index (χ3n) is 19.6. The molecule has 6 aromatic heterocycles. The Hall–Kier alpha value is -12.2. The Morgan fingerprint density at radius 2 is 0.642 bits per heavy atom. The first-order valence-corrected chi connectivity index (χ1v) is 40.0. The molecular formula is C108H100Ir3N3O9-3. The third-order valence-corrected chi connectivity index (χ3v) is 19.6. The first-order valence-electron chi connectivity index (χ1n) is 40.0. The molecule has 6 heterocycles. The molecule has 16 aromatic rings. The molecule has 10 aromatic carbocycles. The molecule has 0 fully saturated rings. The number of hydrogen-bond acceptors (Lipinski definition) is 12. The molecule has 0 aliphatic rings. The SMILES string of the molecule is CC(=O)C=C(C)O.CC(=O)C=C(C)O.CC(=O)C=C(C)O.CC(C)(C)c1ccc(-c2cc3cc(-c4[c-]ccc(-c5ccccc5)c4)ncc3o2)cc1.CC(C)c1cc(-c2cc3cc(-c4[c-]ccc(-c5ccccc5)c4)ncc3o2)cc(C(C)C)c1.Cc1cccc(C)c1-c1ccc(-c2cc3cc(-c4[c-]ccc(-c5ccccc5)c4)ncc3o2)cc1.[Ir].[Ir].[Ir]. The minimum atomic E-state index is -0.125. The van der Waals surface area contributed by atoms with Crippen molar-refractivity contribution >= 4 is 50.3 Å². The van der Waals surface area contributed by atoms with Gasteiger partial charge in [-0.1, -0.05) is 230 Å². The average Bonchev–Trinajstić information content (AvgIpc) is 1.70. The second kappa shape index (κ2) is 45.1. The molecule has 0 aliphatic heterocycles. The van der Waals surface area contributed by atoms with Gasteiger partial charge in [-0.25, -0.2) is 0 Å². The van der Waals surface area contributed by atoms with Crippen LogP contribution in [0.25, 0.3) is 145 Å². The average molecular weight is 2160 g/mol. The number of benzene rings is 10. The van der Waals surface area contributed by atoms with Gasteiger partial charge in [-0.2, -0.15) is 0 Å². The zero-order valence-corrected chi connectivity index (χ0v) is 78.8. The molecule has 12 nitrogen and oxygen atoms in total. The number of aryl methyl sites for hydroxylation is 2. The van der Waals surface area contributed by atoms with E-state index >= 15 is 0 Å². The molecule has 0 atom stereocenters. The van der Waals surface area contributed by atoms with E-state index in [1.165, 1.54) is 115 Å². The number of furan rings is 3. The molecule has 0 unspecified atom stereocenters. The number of hydrogen-bond donors (Lipinski definition) is 3. The summed E-state index contributed by atoms with van der Waals surface area (Å²) in [6.07, 6.45) is 8.94. The Morgan fingerprint density at radius 3 is 0.927 bits per heavy atom. The van der Waals surface area contributed by atoms with Crippen molar-refractivity contribution in [1.82, 2.24) is 15.0 Å². The van der Waals surface area contributed by atoms with Crippen LogP contribution in [-0.2, 0) is 80.1 Å². The van der Waals surface area contributed by atoms with Gasteiger partial charge in [-0.15, -0.1) is 106 Å². The Bertz CT molecular complexity index is 6210. The van der Waals surface area contributed by atoms with E-state index in [1.807, 2.05) is 48.8 Å². The zero-order valence-electron chi connectivity index (χ0n) is 71.7. The number of aliphatic hydroxyl groups excluding tert-OH is 3. The van der Waals surface area contributed by atoms with E-state index in [2.05, 4.69) is 326 Å². The molecule has 631 valence electrons. The van der Waals surface area contributed by atoms with Crippen LogP contribution >= 0.6 is 0 Å². The Balaban J connectivity index is 0.000000202. The van der Waals surface area contributed by atoms with Crippen LogP contribution in [0.4, 0.5) is 0 Å². The van der Waals surface area contributed by atoms with Gasteiger partial charge >= 0.3 is 0 Å². The second-order valence-corrected chi connectivity index (χ2v) is 31.3. The van der Waals surface area contributed by atoms with Gasteiger partial charge in [-0.3, -0.25) is 14.4 Å². The van der Waals surface area contributed by atoms with Crippen LogP contribution in [0.2, 0.25) is 0 Å². The summed E-state index contributed by atoms with van der Waals surface area (Å²) in [5.74, 6) is 3.33. The van der Waals surface area contributed by atoms with E-state index in [4.69, 9.17) is 28.6 Å². The number of ketones is 3. The molecule has 0 spiro atoms. The van der Waals surface area contributed by atoms with Crippen molar-refractivity contribution in [2.75, 3.05) is 0 Å². The fourth-order valence-electron chi connectivity index (χ4n) is 13.6. The number of carbonyl (C=O) groups excluding carboxylic acids is 3. The smallest absolute Gasteiger partial charge is 0.155 e. The van der Waals surface area contributed by atoms with Crippen LogP contribution < -0.4 is 0 Å². The number of aliphatic hydroxyl groups is 3. The molecule has 0 bridgehead atoms. The first kappa shape index (κ1) is 96.3. The van der Waals surface area contributed by atoms with E-state index in [9.17, 15) is 14.4 Å². The van der Waals surface area contributed by atoms with E-state index < -0.39 is 0 Å². The summed E-state index contributed by atoms with van der Waals surface area (Å²) >= 11 is 0. The predicted octanol–water partition coefficient (Wildman–Crippen LogP) is 28.8. The number of nitrogens with zero attached hydrogens (tertiary/aromatic N) is 3. The standard InChI is InChI=1S/C33H24NO.C31H28NO.C29H24NO.3C5H8O2.3Ir/c1-22-8-6-9-23(2)33(22)26-16-14-25(15-17-26)31-20-29-19-30(34-21-32(29)35-31)28-13-7-12-27(18-28)24-10-4-3-5-11-24;1-20(2)25-14-26(21(3)4)16-27(15-25)30-18-28-17-29(32-19-31(28)33-30)24-12-8-11-23(13-24)22-9-6-5-7-10-22;1-29(2,3)25-14-12-21(13-15-25)27-18-24-17-26(30-19-28(24)31-27)23-11-7-10-22(16-23)20-8-5-4-6-9-20;3*1-4(6)3-5(2)7;;;/h3-12,14-21H,1-2H3;5-11,13-21H,1-4H3;4-10,12-19H,1-3H3;3*3,6H,1-2H3;;;/q3*-1;;;;;;. The Kier molecular flexibility index (Phi) is 35.3. The van der Waals surface area contributed by atoms with Gasteiger partial charge in [0, 0.05) is 111 Å². The maximum atomic E-state index is 10.0. The van der Waals surface area contributed by atoms with Crippen LogP contribution in [0.5, 0.6) is 0 Å². The topological polar surface area (TPSA) is 190 Å². The van der Waals surface area contributed by atoms with Crippen LogP contribution in [0.15, 0.2) is 334 Å². The summed E-state index contributed by atoms with van der Waals surface area (Å²) in [6.45, 7) is 28.5. The van der Waals surface area contributed by atoms with Gasteiger partial charge in [0.1, 0.15) is 17.3 Å². The van der Waals surface area contributed by atoms with E-state index in [0.717, 1.165) is 117 Å². The number of carbonyl (C=O) groups is 3. The first-order chi connectivity index (χ1) is 57.5. The number of pyridine rings is 3. The number of rotatable bonds is 15. The molecule has 3 N–H and O–H groups in total. The van der Waals surface area contributed by atoms with Crippen molar-refractivity contribution in [2.45, 2.75) is 121 Å². The third kappa shape index (κ3) is 27.2. The van der Waals surface area contributed by atoms with Gasteiger partial charge in [0.2, 0.25) is 0 Å². The second-order valence-electron chi connectivity index (χ2n) is 31.3.